The molecule has 1 aromatic heterocycles. The number of carbonyl (C=O) groups excluding carboxylic acids is 1. The Bertz CT molecular complexity index is 997. The molecule has 0 aliphatic rings. The van der Waals surface area contributed by atoms with Crippen molar-refractivity contribution < 1.29 is 9.53 Å². The average Bonchev–Trinajstić information content (AvgIpc) is 2.59. The van der Waals surface area contributed by atoms with Gasteiger partial charge in [0.05, 0.1) is 19.2 Å². The molecule has 122 valence electrons. The van der Waals surface area contributed by atoms with Gasteiger partial charge in [0.1, 0.15) is 0 Å². The molecule has 0 fully saturated rings. The molecule has 2 aromatic carbocycles. The fourth-order valence-corrected chi connectivity index (χ4v) is 3.69. The van der Waals surface area contributed by atoms with Crippen LogP contribution in [0.1, 0.15) is 15.9 Å². The maximum absolute atomic E-state index is 12.7. The third-order valence-electron chi connectivity index (χ3n) is 3.70. The van der Waals surface area contributed by atoms with E-state index < -0.39 is 0 Å². The molecule has 0 aliphatic heterocycles. The fraction of sp³-hybridized carbons (Fsp3) is 0.111. The normalized spacial score (nSPS) is 10.8. The number of carbonyl (C=O) groups is 1. The van der Waals surface area contributed by atoms with Gasteiger partial charge in [-0.25, -0.2) is 4.79 Å². The van der Waals surface area contributed by atoms with Crippen molar-refractivity contribution in [1.29, 1.82) is 0 Å². The Balaban J connectivity index is 2.05. The molecule has 0 spiro atoms. The monoisotopic (exact) mass is 497 g/mol. The van der Waals surface area contributed by atoms with Gasteiger partial charge < -0.3 is 9.30 Å². The van der Waals surface area contributed by atoms with E-state index in [4.69, 9.17) is 4.74 Å². The number of nitrogens with zero attached hydrogens (tertiary/aromatic N) is 1. The molecule has 0 bridgehead atoms. The van der Waals surface area contributed by atoms with Crippen LogP contribution in [0.15, 0.2) is 57.9 Å². The molecule has 0 radical (unpaired) electrons. The summed E-state index contributed by atoms with van der Waals surface area (Å²) in [5, 5.41) is 1.60. The lowest BCUT2D eigenvalue weighted by Gasteiger charge is -2.10. The highest BCUT2D eigenvalue weighted by Crippen LogP contribution is 2.22. The van der Waals surface area contributed by atoms with Crippen LogP contribution in [-0.2, 0) is 11.3 Å². The molecule has 0 saturated carbocycles. The van der Waals surface area contributed by atoms with E-state index in [9.17, 15) is 9.59 Å². The number of fused-ring (bicyclic) bond motifs is 1. The number of benzene rings is 2. The molecule has 0 atom stereocenters. The molecular weight excluding hydrogens is 485 g/mol. The van der Waals surface area contributed by atoms with Crippen molar-refractivity contribution in [3.8, 4) is 0 Å². The molecule has 4 nitrogen and oxygen atoms in total. The van der Waals surface area contributed by atoms with E-state index in [0.29, 0.717) is 17.5 Å². The van der Waals surface area contributed by atoms with Gasteiger partial charge in [0, 0.05) is 25.0 Å². The van der Waals surface area contributed by atoms with Crippen molar-refractivity contribution in [2.24, 2.45) is 0 Å². The smallest absolute Gasteiger partial charge is 0.337 e. The highest BCUT2D eigenvalue weighted by Gasteiger charge is 2.10. The predicted molar refractivity (Wildman–Crippen MR) is 106 cm³/mol. The lowest BCUT2D eigenvalue weighted by molar-refractivity contribution is 0.0600. The summed E-state index contributed by atoms with van der Waals surface area (Å²) in [7, 11) is 1.35. The minimum atomic E-state index is -0.387. The van der Waals surface area contributed by atoms with E-state index in [1.54, 1.807) is 22.8 Å². The van der Waals surface area contributed by atoms with Gasteiger partial charge in [0.15, 0.2) is 0 Å². The molecule has 6 heteroatoms. The Kier molecular flexibility index (Phi) is 5.05. The van der Waals surface area contributed by atoms with Crippen LogP contribution in [0.25, 0.3) is 10.8 Å². The van der Waals surface area contributed by atoms with E-state index in [-0.39, 0.29) is 11.5 Å². The van der Waals surface area contributed by atoms with Crippen LogP contribution in [0, 0.1) is 3.57 Å². The van der Waals surface area contributed by atoms with Gasteiger partial charge in [-0.15, -0.1) is 0 Å². The Hall–Kier alpha value is -1.67. The quantitative estimate of drug-likeness (QED) is 0.402. The van der Waals surface area contributed by atoms with Crippen molar-refractivity contribution in [2.45, 2.75) is 6.54 Å². The molecule has 0 aliphatic carbocycles. The van der Waals surface area contributed by atoms with Crippen molar-refractivity contribution in [2.75, 3.05) is 7.11 Å². The van der Waals surface area contributed by atoms with Crippen molar-refractivity contribution in [3.05, 3.63) is 78.2 Å². The Labute approximate surface area is 160 Å². The van der Waals surface area contributed by atoms with Gasteiger partial charge in [0.25, 0.3) is 5.56 Å². The highest BCUT2D eigenvalue weighted by molar-refractivity contribution is 14.1. The second-order valence-corrected chi connectivity index (χ2v) is 7.37. The number of hydrogen-bond donors (Lipinski definition) is 0. The number of aromatic nitrogens is 1. The highest BCUT2D eigenvalue weighted by atomic mass is 127. The number of pyridine rings is 1. The second kappa shape index (κ2) is 7.06. The summed E-state index contributed by atoms with van der Waals surface area (Å²) in [6, 6.07) is 12.7. The first-order valence-corrected chi connectivity index (χ1v) is 9.02. The van der Waals surface area contributed by atoms with Gasteiger partial charge >= 0.3 is 5.97 Å². The van der Waals surface area contributed by atoms with Gasteiger partial charge in [0.2, 0.25) is 0 Å². The van der Waals surface area contributed by atoms with Crippen LogP contribution < -0.4 is 5.56 Å². The molecule has 3 rings (SSSR count). The second-order valence-electron chi connectivity index (χ2n) is 5.29. The number of rotatable bonds is 3. The van der Waals surface area contributed by atoms with Crippen molar-refractivity contribution in [3.63, 3.8) is 0 Å². The molecule has 0 saturated heterocycles. The Morgan fingerprint density at radius 3 is 2.75 bits per heavy atom. The van der Waals surface area contributed by atoms with E-state index in [1.807, 2.05) is 30.5 Å². The number of esters is 1. The molecule has 0 unspecified atom stereocenters. The zero-order chi connectivity index (χ0) is 17.3. The predicted octanol–water partition coefficient (Wildman–Crippen LogP) is 4.20. The summed E-state index contributed by atoms with van der Waals surface area (Å²) < 4.78 is 8.33. The maximum Gasteiger partial charge on any atom is 0.337 e. The van der Waals surface area contributed by atoms with Crippen molar-refractivity contribution in [1.82, 2.24) is 4.57 Å². The number of hydrogen-bond acceptors (Lipinski definition) is 3. The van der Waals surface area contributed by atoms with Gasteiger partial charge in [-0.2, -0.15) is 0 Å². The lowest BCUT2D eigenvalue weighted by Crippen LogP contribution is -2.21. The number of halogens is 2. The zero-order valence-corrected chi connectivity index (χ0v) is 16.5. The minimum Gasteiger partial charge on any atom is -0.465 e. The van der Waals surface area contributed by atoms with Crippen LogP contribution in [0.2, 0.25) is 0 Å². The number of methoxy groups -OCH3 is 1. The first-order valence-electron chi connectivity index (χ1n) is 7.15. The molecule has 0 N–H and O–H groups in total. The van der Waals surface area contributed by atoms with Crippen LogP contribution in [0.5, 0.6) is 0 Å². The summed E-state index contributed by atoms with van der Waals surface area (Å²) in [5.74, 6) is -0.387. The molecular formula is C18H13BrINO3. The summed E-state index contributed by atoms with van der Waals surface area (Å²) in [4.78, 5) is 24.4. The molecule has 0 amide bonds. The number of ether oxygens (including phenoxy) is 1. The van der Waals surface area contributed by atoms with Crippen LogP contribution in [-0.4, -0.2) is 17.6 Å². The summed E-state index contributed by atoms with van der Waals surface area (Å²) >= 11 is 5.66. The average molecular weight is 498 g/mol. The van der Waals surface area contributed by atoms with Gasteiger partial charge in [-0.3, -0.25) is 4.79 Å². The molecule has 3 aromatic rings. The van der Waals surface area contributed by atoms with Crippen LogP contribution in [0.3, 0.4) is 0 Å². The SMILES string of the molecule is COC(=O)c1cccc(Cn2cc(I)c3cc(Br)ccc3c2=O)c1. The standard InChI is InChI=1S/C18H13BrINO3/c1-24-18(23)12-4-2-3-11(7-12)9-21-10-16(20)15-8-13(19)5-6-14(15)17(21)22/h2-8,10H,9H2,1H3. The fourth-order valence-electron chi connectivity index (χ4n) is 2.55. The van der Waals surface area contributed by atoms with Gasteiger partial charge in [-0.1, -0.05) is 28.1 Å². The maximum atomic E-state index is 12.7. The van der Waals surface area contributed by atoms with Gasteiger partial charge in [-0.05, 0) is 58.5 Å². The summed E-state index contributed by atoms with van der Waals surface area (Å²) in [6.45, 7) is 0.395. The third-order valence-corrected chi connectivity index (χ3v) is 5.05. The Morgan fingerprint density at radius 2 is 2.00 bits per heavy atom. The van der Waals surface area contributed by atoms with Crippen molar-refractivity contribution >= 4 is 55.3 Å². The largest absolute Gasteiger partial charge is 0.465 e. The summed E-state index contributed by atoms with van der Waals surface area (Å²) in [6.07, 6.45) is 1.84. The van der Waals surface area contributed by atoms with Crippen LogP contribution >= 0.6 is 38.5 Å². The van der Waals surface area contributed by atoms with E-state index >= 15 is 0 Å². The Morgan fingerprint density at radius 1 is 1.21 bits per heavy atom. The molecule has 1 heterocycles. The summed E-state index contributed by atoms with van der Waals surface area (Å²) in [5.41, 5.74) is 1.29. The topological polar surface area (TPSA) is 48.3 Å². The van der Waals surface area contributed by atoms with Crippen LogP contribution in [0.4, 0.5) is 0 Å². The zero-order valence-electron chi connectivity index (χ0n) is 12.8. The first kappa shape index (κ1) is 17.2. The van der Waals surface area contributed by atoms with E-state index in [2.05, 4.69) is 38.5 Å². The van der Waals surface area contributed by atoms with E-state index in [1.165, 1.54) is 7.11 Å². The third kappa shape index (κ3) is 3.39. The van der Waals surface area contributed by atoms with E-state index in [0.717, 1.165) is 19.0 Å². The first-order chi connectivity index (χ1) is 11.5. The lowest BCUT2D eigenvalue weighted by atomic mass is 10.1. The molecule has 24 heavy (non-hydrogen) atoms. The minimum absolute atomic E-state index is 0.0543.